The molecule has 0 atom stereocenters. The SMILES string of the molecule is CN(CCCC(=O)O)c1ccc(S(=O)(=O)N(C)C)cc1. The molecule has 1 aromatic rings. The normalized spacial score (nSPS) is 11.6. The Balaban J connectivity index is 2.74. The molecular formula is C13H20N2O4S. The molecule has 112 valence electrons. The first-order chi connectivity index (χ1) is 9.25. The maximum atomic E-state index is 11.9. The van der Waals surface area contributed by atoms with Gasteiger partial charge < -0.3 is 10.0 Å². The van der Waals surface area contributed by atoms with E-state index in [9.17, 15) is 13.2 Å². The molecule has 20 heavy (non-hydrogen) atoms. The first-order valence-electron chi connectivity index (χ1n) is 6.20. The smallest absolute Gasteiger partial charge is 0.303 e. The minimum Gasteiger partial charge on any atom is -0.481 e. The molecule has 0 spiro atoms. The molecule has 0 aliphatic rings. The molecule has 0 saturated heterocycles. The second-order valence-electron chi connectivity index (χ2n) is 4.70. The van der Waals surface area contributed by atoms with Crippen molar-refractivity contribution in [2.45, 2.75) is 17.7 Å². The van der Waals surface area contributed by atoms with Crippen LogP contribution in [0.5, 0.6) is 0 Å². The molecule has 0 amide bonds. The summed E-state index contributed by atoms with van der Waals surface area (Å²) in [5.74, 6) is -0.814. The third-order valence-corrected chi connectivity index (χ3v) is 4.77. The number of benzene rings is 1. The summed E-state index contributed by atoms with van der Waals surface area (Å²) in [7, 11) is 1.41. The summed E-state index contributed by atoms with van der Waals surface area (Å²) in [5.41, 5.74) is 0.855. The average molecular weight is 300 g/mol. The van der Waals surface area contributed by atoms with Crippen LogP contribution in [-0.2, 0) is 14.8 Å². The Morgan fingerprint density at radius 2 is 1.70 bits per heavy atom. The first kappa shape index (κ1) is 16.5. The largest absolute Gasteiger partial charge is 0.481 e. The Hall–Kier alpha value is -1.60. The van der Waals surface area contributed by atoms with E-state index >= 15 is 0 Å². The second-order valence-corrected chi connectivity index (χ2v) is 6.85. The number of carbonyl (C=O) groups is 1. The van der Waals surface area contributed by atoms with Gasteiger partial charge in [-0.1, -0.05) is 0 Å². The van der Waals surface area contributed by atoms with Gasteiger partial charge in [0.1, 0.15) is 0 Å². The summed E-state index contributed by atoms with van der Waals surface area (Å²) in [5, 5.41) is 8.58. The third-order valence-electron chi connectivity index (χ3n) is 2.94. The Morgan fingerprint density at radius 1 is 1.15 bits per heavy atom. The van der Waals surface area contributed by atoms with Crippen LogP contribution >= 0.6 is 0 Å². The quantitative estimate of drug-likeness (QED) is 0.819. The Labute approximate surface area is 119 Å². The lowest BCUT2D eigenvalue weighted by Crippen LogP contribution is -2.22. The van der Waals surface area contributed by atoms with E-state index in [1.165, 1.54) is 18.4 Å². The van der Waals surface area contributed by atoms with Gasteiger partial charge in [-0.25, -0.2) is 12.7 Å². The van der Waals surface area contributed by atoms with Gasteiger partial charge in [-0.05, 0) is 30.7 Å². The molecule has 1 rings (SSSR count). The van der Waals surface area contributed by atoms with E-state index in [0.717, 1.165) is 5.69 Å². The fraction of sp³-hybridized carbons (Fsp3) is 0.462. The molecule has 1 N–H and O–H groups in total. The van der Waals surface area contributed by atoms with Crippen molar-refractivity contribution in [3.05, 3.63) is 24.3 Å². The monoisotopic (exact) mass is 300 g/mol. The predicted octanol–water partition coefficient (Wildman–Crippen LogP) is 1.24. The summed E-state index contributed by atoms with van der Waals surface area (Å²) < 4.78 is 25.0. The van der Waals surface area contributed by atoms with E-state index in [4.69, 9.17) is 5.11 Å². The van der Waals surface area contributed by atoms with Gasteiger partial charge in [0.2, 0.25) is 10.0 Å². The Morgan fingerprint density at radius 3 is 2.15 bits per heavy atom. The van der Waals surface area contributed by atoms with Crippen molar-refractivity contribution in [1.29, 1.82) is 0 Å². The van der Waals surface area contributed by atoms with Gasteiger partial charge in [-0.15, -0.1) is 0 Å². The van der Waals surface area contributed by atoms with Crippen LogP contribution in [0.25, 0.3) is 0 Å². The van der Waals surface area contributed by atoms with Crippen molar-refractivity contribution in [3.63, 3.8) is 0 Å². The van der Waals surface area contributed by atoms with Crippen molar-refractivity contribution in [3.8, 4) is 0 Å². The molecule has 0 heterocycles. The molecular weight excluding hydrogens is 280 g/mol. The van der Waals surface area contributed by atoms with Crippen LogP contribution in [0.15, 0.2) is 29.2 Å². The lowest BCUT2D eigenvalue weighted by atomic mass is 10.2. The topological polar surface area (TPSA) is 77.9 Å². The maximum absolute atomic E-state index is 11.9. The molecule has 1 aromatic carbocycles. The summed E-state index contributed by atoms with van der Waals surface area (Å²) in [4.78, 5) is 12.6. The van der Waals surface area contributed by atoms with Gasteiger partial charge in [0, 0.05) is 39.8 Å². The second kappa shape index (κ2) is 6.71. The van der Waals surface area contributed by atoms with Crippen LogP contribution in [0.1, 0.15) is 12.8 Å². The number of carboxylic acids is 1. The van der Waals surface area contributed by atoms with Crippen molar-refractivity contribution >= 4 is 21.7 Å². The van der Waals surface area contributed by atoms with Crippen molar-refractivity contribution in [1.82, 2.24) is 4.31 Å². The van der Waals surface area contributed by atoms with E-state index < -0.39 is 16.0 Å². The predicted molar refractivity (Wildman–Crippen MR) is 77.5 cm³/mol. The molecule has 0 aliphatic carbocycles. The van der Waals surface area contributed by atoms with Crippen molar-refractivity contribution < 1.29 is 18.3 Å². The van der Waals surface area contributed by atoms with Gasteiger partial charge >= 0.3 is 5.97 Å². The summed E-state index contributed by atoms with van der Waals surface area (Å²) in [6, 6.07) is 6.55. The molecule has 0 aliphatic heterocycles. The standard InChI is InChI=1S/C13H20N2O4S/c1-14(2)20(18,19)12-8-6-11(7-9-12)15(3)10-4-5-13(16)17/h6-9H,4-5,10H2,1-3H3,(H,16,17). The maximum Gasteiger partial charge on any atom is 0.303 e. The first-order valence-corrected chi connectivity index (χ1v) is 7.64. The average Bonchev–Trinajstić information content (AvgIpc) is 2.38. The molecule has 7 heteroatoms. The van der Waals surface area contributed by atoms with Crippen LogP contribution < -0.4 is 4.90 Å². The Kier molecular flexibility index (Phi) is 5.52. The number of rotatable bonds is 7. The van der Waals surface area contributed by atoms with Crippen LogP contribution in [0.4, 0.5) is 5.69 Å². The summed E-state index contributed by atoms with van der Waals surface area (Å²) >= 11 is 0. The van der Waals surface area contributed by atoms with Gasteiger partial charge in [-0.2, -0.15) is 0 Å². The highest BCUT2D eigenvalue weighted by molar-refractivity contribution is 7.89. The minimum absolute atomic E-state index is 0.122. The number of aliphatic carboxylic acids is 1. The van der Waals surface area contributed by atoms with Gasteiger partial charge in [0.15, 0.2) is 0 Å². The zero-order valence-electron chi connectivity index (χ0n) is 11.9. The number of hydrogen-bond donors (Lipinski definition) is 1. The number of carboxylic acid groups (broad SMARTS) is 1. The van der Waals surface area contributed by atoms with Gasteiger partial charge in [0.25, 0.3) is 0 Å². The number of sulfonamides is 1. The van der Waals surface area contributed by atoms with E-state index in [0.29, 0.717) is 13.0 Å². The third kappa shape index (κ3) is 4.21. The highest BCUT2D eigenvalue weighted by Crippen LogP contribution is 2.19. The van der Waals surface area contributed by atoms with E-state index in [1.807, 2.05) is 11.9 Å². The van der Waals surface area contributed by atoms with E-state index in [1.54, 1.807) is 24.3 Å². The van der Waals surface area contributed by atoms with Crippen LogP contribution in [-0.4, -0.2) is 51.5 Å². The highest BCUT2D eigenvalue weighted by atomic mass is 32.2. The van der Waals surface area contributed by atoms with Gasteiger partial charge in [-0.3, -0.25) is 4.79 Å². The van der Waals surface area contributed by atoms with Crippen molar-refractivity contribution in [2.75, 3.05) is 32.6 Å². The number of anilines is 1. The lowest BCUT2D eigenvalue weighted by molar-refractivity contribution is -0.137. The lowest BCUT2D eigenvalue weighted by Gasteiger charge is -2.19. The fourth-order valence-electron chi connectivity index (χ4n) is 1.68. The van der Waals surface area contributed by atoms with E-state index in [2.05, 4.69) is 0 Å². The molecule has 0 radical (unpaired) electrons. The highest BCUT2D eigenvalue weighted by Gasteiger charge is 2.16. The van der Waals surface area contributed by atoms with Crippen LogP contribution in [0.2, 0.25) is 0 Å². The Bertz CT molecular complexity index is 552. The molecule has 0 aromatic heterocycles. The van der Waals surface area contributed by atoms with Crippen LogP contribution in [0, 0.1) is 0 Å². The zero-order chi connectivity index (χ0) is 15.3. The zero-order valence-corrected chi connectivity index (χ0v) is 12.7. The summed E-state index contributed by atoms with van der Waals surface area (Å²) in [6.45, 7) is 0.603. The van der Waals surface area contributed by atoms with Crippen molar-refractivity contribution in [2.24, 2.45) is 0 Å². The van der Waals surface area contributed by atoms with Gasteiger partial charge in [0.05, 0.1) is 4.90 Å². The molecule has 0 bridgehead atoms. The fourth-order valence-corrected chi connectivity index (χ4v) is 2.58. The van der Waals surface area contributed by atoms with E-state index in [-0.39, 0.29) is 11.3 Å². The number of hydrogen-bond acceptors (Lipinski definition) is 4. The number of nitrogens with zero attached hydrogens (tertiary/aromatic N) is 2. The molecule has 0 fully saturated rings. The molecule has 0 unspecified atom stereocenters. The minimum atomic E-state index is -3.41. The molecule has 0 saturated carbocycles. The van der Waals surface area contributed by atoms with Crippen LogP contribution in [0.3, 0.4) is 0 Å². The summed E-state index contributed by atoms with van der Waals surface area (Å²) in [6.07, 6.45) is 0.668. The molecule has 6 nitrogen and oxygen atoms in total.